The minimum Gasteiger partial charge on any atom is -0.469 e. The molecule has 2 aromatic heterocycles. The van der Waals surface area contributed by atoms with Crippen LogP contribution < -0.4 is 5.32 Å². The number of halogens is 3. The van der Waals surface area contributed by atoms with Crippen LogP contribution in [-0.4, -0.2) is 12.5 Å². The first-order chi connectivity index (χ1) is 12.9. The van der Waals surface area contributed by atoms with Crippen LogP contribution in [0.2, 0.25) is 0 Å². The molecular weight excluding hydrogens is 375 g/mol. The summed E-state index contributed by atoms with van der Waals surface area (Å²) in [5.41, 5.74) is 1.07. The van der Waals surface area contributed by atoms with Crippen molar-refractivity contribution in [3.05, 3.63) is 81.9 Å². The van der Waals surface area contributed by atoms with E-state index in [4.69, 9.17) is 4.42 Å². The van der Waals surface area contributed by atoms with E-state index >= 15 is 0 Å². The lowest BCUT2D eigenvalue weighted by atomic mass is 9.99. The number of amides is 1. The van der Waals surface area contributed by atoms with Gasteiger partial charge in [0.05, 0.1) is 17.7 Å². The zero-order valence-corrected chi connectivity index (χ0v) is 15.1. The summed E-state index contributed by atoms with van der Waals surface area (Å²) in [6.07, 6.45) is -2.16. The zero-order chi connectivity index (χ0) is 19.3. The third-order valence-electron chi connectivity index (χ3n) is 4.26. The number of hydrogen-bond acceptors (Lipinski definition) is 3. The first kappa shape index (κ1) is 19.2. The van der Waals surface area contributed by atoms with Crippen molar-refractivity contribution in [1.29, 1.82) is 0 Å². The Kier molecular flexibility index (Phi) is 6.01. The molecule has 2 heterocycles. The van der Waals surface area contributed by atoms with Crippen molar-refractivity contribution >= 4 is 17.2 Å². The predicted molar refractivity (Wildman–Crippen MR) is 97.6 cm³/mol. The van der Waals surface area contributed by atoms with Gasteiger partial charge in [0.2, 0.25) is 5.91 Å². The van der Waals surface area contributed by atoms with Crippen molar-refractivity contribution in [2.45, 2.75) is 24.9 Å². The number of rotatable bonds is 7. The first-order valence-electron chi connectivity index (χ1n) is 8.42. The third-order valence-corrected chi connectivity index (χ3v) is 4.96. The molecule has 142 valence electrons. The Morgan fingerprint density at radius 3 is 2.52 bits per heavy atom. The van der Waals surface area contributed by atoms with Crippen LogP contribution in [-0.2, 0) is 17.4 Å². The van der Waals surface area contributed by atoms with Gasteiger partial charge in [0.25, 0.3) is 0 Å². The monoisotopic (exact) mass is 393 g/mol. The Morgan fingerprint density at radius 1 is 1.15 bits per heavy atom. The van der Waals surface area contributed by atoms with Gasteiger partial charge in [-0.3, -0.25) is 4.79 Å². The number of furan rings is 1. The van der Waals surface area contributed by atoms with E-state index in [1.54, 1.807) is 23.7 Å². The Labute approximate surface area is 158 Å². The highest BCUT2D eigenvalue weighted by atomic mass is 32.1. The number of carbonyl (C=O) groups excluding carboxylic acids is 1. The summed E-state index contributed by atoms with van der Waals surface area (Å²) in [5.74, 6) is 0.555. The topological polar surface area (TPSA) is 42.2 Å². The van der Waals surface area contributed by atoms with E-state index in [2.05, 4.69) is 5.32 Å². The third kappa shape index (κ3) is 5.23. The van der Waals surface area contributed by atoms with E-state index in [0.29, 0.717) is 18.5 Å². The molecule has 0 spiro atoms. The summed E-state index contributed by atoms with van der Waals surface area (Å²) >= 11 is 1.58. The van der Waals surface area contributed by atoms with Crippen LogP contribution in [0.25, 0.3) is 0 Å². The molecular formula is C20H18F3NO2S. The van der Waals surface area contributed by atoms with Crippen molar-refractivity contribution in [2.75, 3.05) is 6.54 Å². The van der Waals surface area contributed by atoms with E-state index in [0.717, 1.165) is 23.5 Å². The van der Waals surface area contributed by atoms with Gasteiger partial charge in [-0.15, -0.1) is 0 Å². The van der Waals surface area contributed by atoms with Gasteiger partial charge in [-0.25, -0.2) is 0 Å². The Morgan fingerprint density at radius 2 is 1.93 bits per heavy atom. The van der Waals surface area contributed by atoms with Crippen LogP contribution in [0.4, 0.5) is 13.2 Å². The molecule has 1 unspecified atom stereocenters. The van der Waals surface area contributed by atoms with Gasteiger partial charge in [0.15, 0.2) is 0 Å². The summed E-state index contributed by atoms with van der Waals surface area (Å²) in [4.78, 5) is 12.2. The van der Waals surface area contributed by atoms with Crippen molar-refractivity contribution in [1.82, 2.24) is 5.32 Å². The zero-order valence-electron chi connectivity index (χ0n) is 14.3. The number of hydrogen-bond donors (Lipinski definition) is 1. The van der Waals surface area contributed by atoms with Gasteiger partial charge in [-0.2, -0.15) is 24.5 Å². The van der Waals surface area contributed by atoms with Crippen LogP contribution in [0.5, 0.6) is 0 Å². The van der Waals surface area contributed by atoms with E-state index in [9.17, 15) is 18.0 Å². The van der Waals surface area contributed by atoms with E-state index in [-0.39, 0.29) is 18.2 Å². The molecule has 0 saturated heterocycles. The molecule has 3 nitrogen and oxygen atoms in total. The maximum absolute atomic E-state index is 12.6. The van der Waals surface area contributed by atoms with Gasteiger partial charge >= 0.3 is 6.18 Å². The average Bonchev–Trinajstić information content (AvgIpc) is 3.34. The minimum absolute atomic E-state index is 0.0683. The SMILES string of the molecule is O=C(CCc1ccc(C(F)(F)F)cc1)NCC(c1ccsc1)c1ccco1. The second-order valence-electron chi connectivity index (χ2n) is 6.12. The van der Waals surface area contributed by atoms with Crippen LogP contribution >= 0.6 is 11.3 Å². The fraction of sp³-hybridized carbons (Fsp3) is 0.250. The molecule has 0 saturated carbocycles. The molecule has 0 radical (unpaired) electrons. The molecule has 0 aliphatic carbocycles. The van der Waals surface area contributed by atoms with Gasteiger partial charge in [0.1, 0.15) is 5.76 Å². The lowest BCUT2D eigenvalue weighted by Gasteiger charge is -2.14. The summed E-state index contributed by atoms with van der Waals surface area (Å²) in [6.45, 7) is 0.399. The smallest absolute Gasteiger partial charge is 0.416 e. The van der Waals surface area contributed by atoms with Crippen LogP contribution in [0.15, 0.2) is 63.9 Å². The van der Waals surface area contributed by atoms with E-state index < -0.39 is 11.7 Å². The van der Waals surface area contributed by atoms with E-state index in [1.807, 2.05) is 22.9 Å². The molecule has 0 bridgehead atoms. The second kappa shape index (κ2) is 8.43. The minimum atomic E-state index is -4.35. The number of thiophene rings is 1. The van der Waals surface area contributed by atoms with Gasteiger partial charge < -0.3 is 9.73 Å². The second-order valence-corrected chi connectivity index (χ2v) is 6.90. The highest BCUT2D eigenvalue weighted by Crippen LogP contribution is 2.29. The van der Waals surface area contributed by atoms with Crippen molar-refractivity contribution in [2.24, 2.45) is 0 Å². The molecule has 27 heavy (non-hydrogen) atoms. The number of aryl methyl sites for hydroxylation is 1. The Hall–Kier alpha value is -2.54. The number of benzene rings is 1. The molecule has 1 atom stereocenters. The molecule has 1 aromatic carbocycles. The number of carbonyl (C=O) groups is 1. The molecule has 1 N–H and O–H groups in total. The molecule has 0 fully saturated rings. The lowest BCUT2D eigenvalue weighted by molar-refractivity contribution is -0.137. The summed E-state index contributed by atoms with van der Waals surface area (Å²) < 4.78 is 43.2. The summed E-state index contributed by atoms with van der Waals surface area (Å²) in [6, 6.07) is 10.6. The maximum atomic E-state index is 12.6. The highest BCUT2D eigenvalue weighted by molar-refractivity contribution is 7.08. The van der Waals surface area contributed by atoms with Crippen LogP contribution in [0.3, 0.4) is 0 Å². The summed E-state index contributed by atoms with van der Waals surface area (Å²) in [7, 11) is 0. The standard InChI is InChI=1S/C20H18F3NO2S/c21-20(22,23)16-6-3-14(4-7-16)5-8-19(25)24-12-17(15-9-11-27-13-15)18-2-1-10-26-18/h1-4,6-7,9-11,13,17H,5,8,12H2,(H,24,25). The number of nitrogens with one attached hydrogen (secondary N) is 1. The molecule has 3 rings (SSSR count). The normalized spacial score (nSPS) is 12.7. The molecule has 7 heteroatoms. The van der Waals surface area contributed by atoms with Gasteiger partial charge in [-0.05, 0) is 58.6 Å². The number of alkyl halides is 3. The fourth-order valence-electron chi connectivity index (χ4n) is 2.77. The first-order valence-corrected chi connectivity index (χ1v) is 9.36. The Bertz CT molecular complexity index is 806. The van der Waals surface area contributed by atoms with Gasteiger partial charge in [-0.1, -0.05) is 12.1 Å². The van der Waals surface area contributed by atoms with Gasteiger partial charge in [0, 0.05) is 13.0 Å². The van der Waals surface area contributed by atoms with Crippen molar-refractivity contribution in [3.8, 4) is 0 Å². The van der Waals surface area contributed by atoms with Crippen LogP contribution in [0, 0.1) is 0 Å². The largest absolute Gasteiger partial charge is 0.469 e. The Balaban J connectivity index is 1.53. The predicted octanol–water partition coefficient (Wildman–Crippen LogP) is 5.24. The molecule has 1 amide bonds. The summed E-state index contributed by atoms with van der Waals surface area (Å²) in [5, 5.41) is 6.88. The average molecular weight is 393 g/mol. The molecule has 3 aromatic rings. The van der Waals surface area contributed by atoms with E-state index in [1.165, 1.54) is 12.1 Å². The van der Waals surface area contributed by atoms with Crippen LogP contribution in [0.1, 0.15) is 34.8 Å². The lowest BCUT2D eigenvalue weighted by Crippen LogP contribution is -2.28. The quantitative estimate of drug-likeness (QED) is 0.596. The molecule has 0 aliphatic heterocycles. The van der Waals surface area contributed by atoms with Crippen molar-refractivity contribution in [3.63, 3.8) is 0 Å². The fourth-order valence-corrected chi connectivity index (χ4v) is 3.48. The highest BCUT2D eigenvalue weighted by Gasteiger charge is 2.29. The van der Waals surface area contributed by atoms with Crippen molar-refractivity contribution < 1.29 is 22.4 Å². The molecule has 0 aliphatic rings. The maximum Gasteiger partial charge on any atom is 0.416 e.